The van der Waals surface area contributed by atoms with Crippen molar-refractivity contribution in [2.24, 2.45) is 7.05 Å². The fourth-order valence-electron chi connectivity index (χ4n) is 1.98. The SMILES string of the molecule is Cc1cc(Br)c(C)c(-c2cc(C(=O)O)nn2C)c1O. The highest BCUT2D eigenvalue weighted by Crippen LogP contribution is 2.38. The Hall–Kier alpha value is -1.82. The Morgan fingerprint density at radius 1 is 1.37 bits per heavy atom. The molecule has 0 unspecified atom stereocenters. The van der Waals surface area contributed by atoms with Crippen LogP contribution in [0.5, 0.6) is 5.75 Å². The van der Waals surface area contributed by atoms with Crippen LogP contribution in [0.25, 0.3) is 11.3 Å². The summed E-state index contributed by atoms with van der Waals surface area (Å²) in [5.74, 6) is -0.952. The molecule has 2 N–H and O–H groups in total. The van der Waals surface area contributed by atoms with Crippen molar-refractivity contribution in [3.8, 4) is 17.0 Å². The highest BCUT2D eigenvalue weighted by molar-refractivity contribution is 9.10. The number of nitrogens with zero attached hydrogens (tertiary/aromatic N) is 2. The van der Waals surface area contributed by atoms with Crippen molar-refractivity contribution in [1.29, 1.82) is 0 Å². The number of aryl methyl sites for hydroxylation is 2. The predicted octanol–water partition coefficient (Wildman–Crippen LogP) is 2.87. The fraction of sp³-hybridized carbons (Fsp3) is 0.231. The lowest BCUT2D eigenvalue weighted by Gasteiger charge is -2.12. The molecule has 0 amide bonds. The molecule has 0 saturated heterocycles. The first kappa shape index (κ1) is 13.6. The number of phenols is 1. The Bertz CT molecular complexity index is 651. The number of benzene rings is 1. The van der Waals surface area contributed by atoms with Crippen molar-refractivity contribution < 1.29 is 15.0 Å². The highest BCUT2D eigenvalue weighted by Gasteiger charge is 2.19. The zero-order chi connectivity index (χ0) is 14.3. The third kappa shape index (κ3) is 2.23. The van der Waals surface area contributed by atoms with E-state index in [0.717, 1.165) is 10.0 Å². The van der Waals surface area contributed by atoms with E-state index in [1.807, 2.05) is 13.0 Å². The minimum Gasteiger partial charge on any atom is -0.507 e. The smallest absolute Gasteiger partial charge is 0.356 e. The second-order valence-corrected chi connectivity index (χ2v) is 5.22. The normalized spacial score (nSPS) is 10.7. The number of carboxylic acid groups (broad SMARTS) is 1. The highest BCUT2D eigenvalue weighted by atomic mass is 79.9. The third-order valence-corrected chi connectivity index (χ3v) is 3.87. The van der Waals surface area contributed by atoms with Gasteiger partial charge in [-0.1, -0.05) is 15.9 Å². The van der Waals surface area contributed by atoms with Crippen LogP contribution in [0.2, 0.25) is 0 Å². The van der Waals surface area contributed by atoms with Crippen LogP contribution in [0.15, 0.2) is 16.6 Å². The Kier molecular flexibility index (Phi) is 3.36. The van der Waals surface area contributed by atoms with Gasteiger partial charge in [-0.05, 0) is 37.1 Å². The molecule has 2 aromatic rings. The molecule has 0 spiro atoms. The number of aromatic carboxylic acids is 1. The van der Waals surface area contributed by atoms with Gasteiger partial charge in [-0.2, -0.15) is 5.10 Å². The summed E-state index contributed by atoms with van der Waals surface area (Å²) in [6.45, 7) is 3.64. The number of aromatic hydroxyl groups is 1. The van der Waals surface area contributed by atoms with Gasteiger partial charge in [0.1, 0.15) is 5.75 Å². The van der Waals surface area contributed by atoms with Crippen molar-refractivity contribution in [2.75, 3.05) is 0 Å². The van der Waals surface area contributed by atoms with Crippen molar-refractivity contribution in [2.45, 2.75) is 13.8 Å². The number of aromatic nitrogens is 2. The molecule has 0 saturated carbocycles. The first-order chi connectivity index (χ1) is 8.82. The van der Waals surface area contributed by atoms with E-state index < -0.39 is 5.97 Å². The summed E-state index contributed by atoms with van der Waals surface area (Å²) >= 11 is 3.43. The molecule has 2 rings (SSSR count). The number of carboxylic acids is 1. The third-order valence-electron chi connectivity index (χ3n) is 3.04. The molecule has 1 heterocycles. The van der Waals surface area contributed by atoms with Crippen molar-refractivity contribution in [3.63, 3.8) is 0 Å². The zero-order valence-corrected chi connectivity index (χ0v) is 12.3. The lowest BCUT2D eigenvalue weighted by atomic mass is 10.0. The maximum absolute atomic E-state index is 11.0. The van der Waals surface area contributed by atoms with E-state index in [-0.39, 0.29) is 11.4 Å². The van der Waals surface area contributed by atoms with Crippen molar-refractivity contribution in [1.82, 2.24) is 9.78 Å². The lowest BCUT2D eigenvalue weighted by molar-refractivity contribution is 0.0689. The fourth-order valence-corrected chi connectivity index (χ4v) is 2.52. The molecule has 1 aromatic carbocycles. The van der Waals surface area contributed by atoms with Gasteiger partial charge in [0.25, 0.3) is 0 Å². The molecule has 0 aliphatic carbocycles. The summed E-state index contributed by atoms with van der Waals surface area (Å²) in [5, 5.41) is 23.1. The summed E-state index contributed by atoms with van der Waals surface area (Å²) in [7, 11) is 1.65. The second kappa shape index (κ2) is 4.70. The molecule has 0 bridgehead atoms. The summed E-state index contributed by atoms with van der Waals surface area (Å²) < 4.78 is 2.31. The van der Waals surface area contributed by atoms with Crippen LogP contribution in [0, 0.1) is 13.8 Å². The van der Waals surface area contributed by atoms with E-state index >= 15 is 0 Å². The number of halogens is 1. The first-order valence-electron chi connectivity index (χ1n) is 5.59. The van der Waals surface area contributed by atoms with Gasteiger partial charge in [0.2, 0.25) is 0 Å². The second-order valence-electron chi connectivity index (χ2n) is 4.37. The molecule has 5 nitrogen and oxygen atoms in total. The Morgan fingerprint density at radius 2 is 2.00 bits per heavy atom. The molecule has 0 aliphatic rings. The van der Waals surface area contributed by atoms with Crippen LogP contribution < -0.4 is 0 Å². The van der Waals surface area contributed by atoms with E-state index in [0.29, 0.717) is 16.8 Å². The predicted molar refractivity (Wildman–Crippen MR) is 74.4 cm³/mol. The van der Waals surface area contributed by atoms with E-state index in [1.54, 1.807) is 14.0 Å². The average Bonchev–Trinajstić information content (AvgIpc) is 2.70. The maximum Gasteiger partial charge on any atom is 0.356 e. The number of rotatable bonds is 2. The monoisotopic (exact) mass is 324 g/mol. The first-order valence-corrected chi connectivity index (χ1v) is 6.38. The van der Waals surface area contributed by atoms with E-state index in [2.05, 4.69) is 21.0 Å². The molecule has 6 heteroatoms. The van der Waals surface area contributed by atoms with Crippen LogP contribution in [0.1, 0.15) is 21.6 Å². The van der Waals surface area contributed by atoms with Gasteiger partial charge < -0.3 is 10.2 Å². The van der Waals surface area contributed by atoms with Crippen LogP contribution >= 0.6 is 15.9 Å². The quantitative estimate of drug-likeness (QED) is 0.890. The van der Waals surface area contributed by atoms with Gasteiger partial charge in [0.05, 0.1) is 5.69 Å². The Labute approximate surface area is 118 Å². The van der Waals surface area contributed by atoms with Crippen LogP contribution in [0.4, 0.5) is 0 Å². The van der Waals surface area contributed by atoms with E-state index in [4.69, 9.17) is 5.11 Å². The molecule has 100 valence electrons. The summed E-state index contributed by atoms with van der Waals surface area (Å²) in [4.78, 5) is 11.0. The molecule has 0 aliphatic heterocycles. The van der Waals surface area contributed by atoms with Crippen LogP contribution in [0.3, 0.4) is 0 Å². The summed E-state index contributed by atoms with van der Waals surface area (Å²) in [5.41, 5.74) is 2.66. The lowest BCUT2D eigenvalue weighted by Crippen LogP contribution is -2.00. The van der Waals surface area contributed by atoms with E-state index in [9.17, 15) is 9.90 Å². The molecular formula is C13H13BrN2O3. The van der Waals surface area contributed by atoms with Gasteiger partial charge in [-0.25, -0.2) is 4.79 Å². The largest absolute Gasteiger partial charge is 0.507 e. The van der Waals surface area contributed by atoms with Crippen molar-refractivity contribution in [3.05, 3.63) is 33.4 Å². The molecule has 1 aromatic heterocycles. The summed E-state index contributed by atoms with van der Waals surface area (Å²) in [6.07, 6.45) is 0. The standard InChI is InChI=1S/C13H13BrN2O3/c1-6-4-8(14)7(2)11(12(6)17)10-5-9(13(18)19)15-16(10)3/h4-5,17H,1-3H3,(H,18,19). The minimum absolute atomic E-state index is 0.0473. The number of phenolic OH excluding ortho intramolecular Hbond substituents is 1. The number of hydrogen-bond acceptors (Lipinski definition) is 3. The van der Waals surface area contributed by atoms with Crippen LogP contribution in [-0.4, -0.2) is 26.0 Å². The minimum atomic E-state index is -1.09. The molecule has 19 heavy (non-hydrogen) atoms. The molecular weight excluding hydrogens is 312 g/mol. The van der Waals surface area contributed by atoms with Gasteiger partial charge >= 0.3 is 5.97 Å². The van der Waals surface area contributed by atoms with Gasteiger partial charge in [0, 0.05) is 17.1 Å². The average molecular weight is 325 g/mol. The number of hydrogen-bond donors (Lipinski definition) is 2. The molecule has 0 fully saturated rings. The van der Waals surface area contributed by atoms with Crippen molar-refractivity contribution >= 4 is 21.9 Å². The molecule has 0 atom stereocenters. The van der Waals surface area contributed by atoms with Gasteiger partial charge in [-0.3, -0.25) is 4.68 Å². The molecule has 0 radical (unpaired) electrons. The van der Waals surface area contributed by atoms with Gasteiger partial charge in [0.15, 0.2) is 5.69 Å². The number of carbonyl (C=O) groups is 1. The topological polar surface area (TPSA) is 75.3 Å². The van der Waals surface area contributed by atoms with Gasteiger partial charge in [-0.15, -0.1) is 0 Å². The summed E-state index contributed by atoms with van der Waals surface area (Å²) in [6, 6.07) is 3.28. The Morgan fingerprint density at radius 3 is 2.53 bits per heavy atom. The Balaban J connectivity index is 2.75. The van der Waals surface area contributed by atoms with E-state index in [1.165, 1.54) is 10.7 Å². The zero-order valence-electron chi connectivity index (χ0n) is 10.7. The van der Waals surface area contributed by atoms with Crippen LogP contribution in [-0.2, 0) is 7.05 Å². The maximum atomic E-state index is 11.0.